The van der Waals surface area contributed by atoms with Crippen LogP contribution in [0.4, 0.5) is 8.28 Å². The number of allylic oxidation sites excluding steroid dienone is 1. The zero-order valence-corrected chi connectivity index (χ0v) is 44.5. The first-order valence-electron chi connectivity index (χ1n) is 25.4. The molecule has 1 N–H and O–H groups in total. The number of rotatable bonds is 8. The molecule has 4 atom stereocenters. The fourth-order valence-electron chi connectivity index (χ4n) is 12.4. The molecule has 0 radical (unpaired) electrons. The number of aromatic amines is 1. The Balaban J connectivity index is 0.000000134. The van der Waals surface area contributed by atoms with Gasteiger partial charge in [-0.15, -0.1) is 0 Å². The Bertz CT molecular complexity index is 2880. The number of hydrogen-bond acceptors (Lipinski definition) is 13. The van der Waals surface area contributed by atoms with Gasteiger partial charge in [0.2, 0.25) is 15.9 Å². The van der Waals surface area contributed by atoms with Crippen molar-refractivity contribution in [2.24, 2.45) is 47.3 Å². The quantitative estimate of drug-likeness (QED) is 0.0864. The van der Waals surface area contributed by atoms with Crippen molar-refractivity contribution in [2.75, 3.05) is 26.1 Å². The normalized spacial score (nSPS) is 26.2. The topological polar surface area (TPSA) is 182 Å². The lowest BCUT2D eigenvalue weighted by Gasteiger charge is -2.47. The highest BCUT2D eigenvalue weighted by atomic mass is 35.5. The summed E-state index contributed by atoms with van der Waals surface area (Å²) in [7, 11) is 0. The van der Waals surface area contributed by atoms with Gasteiger partial charge in [0.25, 0.3) is 0 Å². The highest BCUT2D eigenvalue weighted by Crippen LogP contribution is 2.54. The van der Waals surface area contributed by atoms with Crippen molar-refractivity contribution in [1.29, 1.82) is 0 Å². The molecule has 15 rings (SSSR count). The number of nitrogens with one attached hydrogen (secondary N) is 1. The van der Waals surface area contributed by atoms with Gasteiger partial charge in [-0.25, -0.2) is 24.1 Å². The van der Waals surface area contributed by atoms with Crippen LogP contribution >= 0.6 is 47.0 Å². The van der Waals surface area contributed by atoms with Crippen molar-refractivity contribution < 1.29 is 36.9 Å². The van der Waals surface area contributed by atoms with E-state index in [4.69, 9.17) is 49.0 Å². The summed E-state index contributed by atoms with van der Waals surface area (Å²) in [5, 5.41) is 2.86. The van der Waals surface area contributed by atoms with E-state index in [-0.39, 0.29) is 81.6 Å². The van der Waals surface area contributed by atoms with Crippen molar-refractivity contribution in [3.63, 3.8) is 0 Å². The molecule has 0 aliphatic heterocycles. The average molecular weight is 1090 g/mol. The van der Waals surface area contributed by atoms with Gasteiger partial charge >= 0.3 is 17.9 Å². The third kappa shape index (κ3) is 12.3. The van der Waals surface area contributed by atoms with Crippen molar-refractivity contribution >= 4 is 98.0 Å². The van der Waals surface area contributed by atoms with Crippen LogP contribution in [0.1, 0.15) is 110 Å². The minimum atomic E-state index is -0.384. The van der Waals surface area contributed by atoms with Gasteiger partial charge in [0, 0.05) is 71.9 Å². The summed E-state index contributed by atoms with van der Waals surface area (Å²) in [6, 6.07) is 3.88. The summed E-state index contributed by atoms with van der Waals surface area (Å²) in [6.07, 6.45) is 27.3. The Kier molecular flexibility index (Phi) is 18.7. The van der Waals surface area contributed by atoms with Gasteiger partial charge in [-0.2, -0.15) is 18.8 Å². The third-order valence-electron chi connectivity index (χ3n) is 15.4. The first-order chi connectivity index (χ1) is 35.4. The van der Waals surface area contributed by atoms with Gasteiger partial charge in [0.05, 0.1) is 49.1 Å². The highest BCUT2D eigenvalue weighted by Gasteiger charge is 2.50. The second-order valence-electron chi connectivity index (χ2n) is 19.3. The van der Waals surface area contributed by atoms with Crippen molar-refractivity contribution in [3.8, 4) is 0 Å². The molecular weight excluding hydrogens is 1020 g/mol. The lowest BCUT2D eigenvalue weighted by atomic mass is 9.61. The second kappa shape index (κ2) is 25.1. The van der Waals surface area contributed by atoms with Gasteiger partial charge < -0.3 is 28.3 Å². The number of hydrogen-bond donors (Lipinski definition) is 1. The van der Waals surface area contributed by atoms with Crippen LogP contribution in [-0.4, -0.2) is 88.0 Å². The van der Waals surface area contributed by atoms with Crippen LogP contribution in [0.2, 0.25) is 15.9 Å². The fourth-order valence-corrected chi connectivity index (χ4v) is 12.8. The zero-order chi connectivity index (χ0) is 51.8. The van der Waals surface area contributed by atoms with E-state index in [9.17, 15) is 22.7 Å². The molecule has 6 heterocycles. The molecule has 73 heavy (non-hydrogen) atoms. The number of aromatic nitrogens is 9. The molecule has 0 aromatic carbocycles. The van der Waals surface area contributed by atoms with Gasteiger partial charge in [0.15, 0.2) is 5.82 Å². The molecule has 0 amide bonds. The summed E-state index contributed by atoms with van der Waals surface area (Å²) in [6.45, 7) is 6.82. The zero-order valence-electron chi connectivity index (χ0n) is 41.4. The molecule has 6 bridgehead atoms. The molecule has 0 spiro atoms. The number of nitrogens with zero attached hydrogens (tertiary/aromatic N) is 8. The van der Waals surface area contributed by atoms with Crippen LogP contribution < -0.4 is 0 Å². The lowest BCUT2D eigenvalue weighted by Crippen LogP contribution is -2.45. The lowest BCUT2D eigenvalue weighted by molar-refractivity contribution is -0.158. The summed E-state index contributed by atoms with van der Waals surface area (Å²) < 4.78 is 44.2. The monoisotopic (exact) mass is 1080 g/mol. The summed E-state index contributed by atoms with van der Waals surface area (Å²) in [5.74, 6) is 1.67. The predicted octanol–water partition coefficient (Wildman–Crippen LogP) is 12.5. The van der Waals surface area contributed by atoms with Crippen LogP contribution in [0.3, 0.4) is 0 Å². The standard InChI is InChI=1S/C17H19ClFN3O2.C17H20ClN3O2.C11H16O2.C6H4ClN3.CH3FS/c1-2-24-16(23)13-9-3-5-10(6-4-9)14(13)22-8-12(19)11-7-20-17(18)21-15(11)22;1-2-23-16(22)13-10-3-5-11(6-4-10)14(13)21-8-7-12-9-19-17(18)20-15(12)21;1-2-13-11(12)10-7-8-3-5-9(10)6-4-8;7-6-9-3-4-1-2-8-5(4)10-6;1-3-2/h7-10,13-14H,2-6H2,1H3;7-11,13-14H,2-6H2,1H3;7-9H,2-6H2,1H3;1-3H,(H,8,9,10);1H3/t9?,10?,13-,14-;10?,11?,13-,14-;;;/m00.../s1. The number of halogens is 5. The van der Waals surface area contributed by atoms with E-state index in [1.807, 2.05) is 39.1 Å². The smallest absolute Gasteiger partial charge is 0.333 e. The number of ether oxygens (including phenoxy) is 3. The maximum atomic E-state index is 14.4. The van der Waals surface area contributed by atoms with Crippen LogP contribution in [0, 0.1) is 53.2 Å². The second-order valence-corrected chi connectivity index (χ2v) is 20.6. The average Bonchev–Trinajstić information content (AvgIpc) is 4.14. The molecule has 392 valence electrons. The molecule has 9 aliphatic rings. The Morgan fingerprint density at radius 3 is 1.73 bits per heavy atom. The third-order valence-corrected chi connectivity index (χ3v) is 16.0. The fraction of sp³-hybridized carbons (Fsp3) is 0.558. The minimum absolute atomic E-state index is 0.0612. The maximum absolute atomic E-state index is 14.4. The highest BCUT2D eigenvalue weighted by molar-refractivity contribution is 7.93. The van der Waals surface area contributed by atoms with Crippen molar-refractivity contribution in [1.82, 2.24) is 44.0 Å². The SMILES string of the molecule is CCOC(=O)C1=CC2CCC1CC2.CCOC(=O)[C@H]1C2CCC(CC2)[C@@H]1n1cc(F)c2cnc(Cl)nc21.CCOC(=O)[C@H]1C2CCC(CC2)[C@@H]1n1ccc2cnc(Cl)nc21.CSF.Clc1ncc2cc[nH]c2n1. The number of carbonyl (C=O) groups is 3. The van der Waals surface area contributed by atoms with E-state index in [0.717, 1.165) is 66.2 Å². The molecule has 0 unspecified atom stereocenters. The Morgan fingerprint density at radius 1 is 0.671 bits per heavy atom. The minimum Gasteiger partial charge on any atom is -0.466 e. The Labute approximate surface area is 442 Å². The van der Waals surface area contributed by atoms with Crippen LogP contribution in [0.15, 0.2) is 61.0 Å². The van der Waals surface area contributed by atoms with Crippen LogP contribution in [-0.2, 0) is 28.6 Å². The number of H-pyrrole nitrogens is 1. The molecule has 7 saturated carbocycles. The van der Waals surface area contributed by atoms with E-state index in [0.29, 0.717) is 60.4 Å². The molecule has 0 saturated heterocycles. The van der Waals surface area contributed by atoms with Crippen molar-refractivity contribution in [2.45, 2.75) is 110 Å². The predicted molar refractivity (Wildman–Crippen MR) is 278 cm³/mol. The van der Waals surface area contributed by atoms with Crippen LogP contribution in [0.25, 0.3) is 33.1 Å². The summed E-state index contributed by atoms with van der Waals surface area (Å²) >= 11 is 17.7. The van der Waals surface area contributed by atoms with Gasteiger partial charge in [0.1, 0.15) is 16.9 Å². The van der Waals surface area contributed by atoms with Gasteiger partial charge in [-0.3, -0.25) is 9.59 Å². The number of esters is 3. The van der Waals surface area contributed by atoms with E-state index in [1.54, 1.807) is 23.2 Å². The molecule has 9 aliphatic carbocycles. The molecule has 15 nitrogen and oxygen atoms in total. The molecular formula is C52H62Cl3F2N9O6S. The van der Waals surface area contributed by atoms with E-state index in [1.165, 1.54) is 57.2 Å². The molecule has 6 aromatic rings. The van der Waals surface area contributed by atoms with Crippen LogP contribution in [0.5, 0.6) is 0 Å². The van der Waals surface area contributed by atoms with E-state index >= 15 is 0 Å². The van der Waals surface area contributed by atoms with E-state index in [2.05, 4.69) is 45.5 Å². The summed E-state index contributed by atoms with van der Waals surface area (Å²) in [4.78, 5) is 63.9. The number of carbonyl (C=O) groups excluding carboxylic acids is 3. The first-order valence-corrected chi connectivity index (χ1v) is 27.6. The molecule has 6 aromatic heterocycles. The Morgan fingerprint density at radius 2 is 1.18 bits per heavy atom. The Hall–Kier alpha value is -4.91. The molecule has 21 heteroatoms. The summed E-state index contributed by atoms with van der Waals surface area (Å²) in [5.41, 5.74) is 3.01. The largest absolute Gasteiger partial charge is 0.466 e. The first kappa shape index (κ1) is 54.4. The maximum Gasteiger partial charge on any atom is 0.333 e. The van der Waals surface area contributed by atoms with Gasteiger partial charge in [-0.05, 0) is 180 Å². The van der Waals surface area contributed by atoms with E-state index < -0.39 is 0 Å². The molecule has 7 fully saturated rings. The number of fused-ring (bicyclic) bond motifs is 11. The van der Waals surface area contributed by atoms with Gasteiger partial charge in [-0.1, -0.05) is 6.08 Å². The van der Waals surface area contributed by atoms with Crippen molar-refractivity contribution in [3.05, 3.63) is 82.6 Å².